The van der Waals surface area contributed by atoms with Crippen LogP contribution in [0.5, 0.6) is 5.75 Å². The lowest BCUT2D eigenvalue weighted by atomic mass is 9.73. The Balaban J connectivity index is 1.68. The van der Waals surface area contributed by atoms with E-state index in [2.05, 4.69) is 0 Å². The summed E-state index contributed by atoms with van der Waals surface area (Å²) in [4.78, 5) is 40.7. The molecule has 1 fully saturated rings. The first kappa shape index (κ1) is 29.2. The lowest BCUT2D eigenvalue weighted by Gasteiger charge is -2.57. The minimum atomic E-state index is -0.943. The number of amides is 1. The number of hydrogen-bond donors (Lipinski definition) is 3. The monoisotopic (exact) mass is 575 g/mol. The third-order valence-electron chi connectivity index (χ3n) is 7.89. The van der Waals surface area contributed by atoms with Gasteiger partial charge in [-0.25, -0.2) is 8.78 Å². The fraction of sp³-hybridized carbons (Fsp3) is 0.444. The molecule has 1 aliphatic heterocycles. The van der Waals surface area contributed by atoms with Crippen molar-refractivity contribution < 1.29 is 28.2 Å². The van der Waals surface area contributed by atoms with Crippen molar-refractivity contribution in [1.82, 2.24) is 9.58 Å². The topological polar surface area (TPSA) is 140 Å². The highest BCUT2D eigenvalue weighted by Gasteiger charge is 2.53. The van der Waals surface area contributed by atoms with Crippen LogP contribution in [-0.2, 0) is 16.0 Å². The number of aromatic hydroxyl groups is 1. The quantitative estimate of drug-likeness (QED) is 0.282. The van der Waals surface area contributed by atoms with Gasteiger partial charge in [0.2, 0.25) is 5.43 Å². The molecule has 10 nitrogen and oxygen atoms in total. The van der Waals surface area contributed by atoms with Crippen LogP contribution >= 0.6 is 11.8 Å². The molecule has 1 spiro atoms. The molecule has 2 aliphatic rings. The van der Waals surface area contributed by atoms with Crippen molar-refractivity contribution in [2.24, 2.45) is 11.8 Å². The van der Waals surface area contributed by atoms with Crippen molar-refractivity contribution in [2.45, 2.75) is 45.2 Å². The summed E-state index contributed by atoms with van der Waals surface area (Å²) in [6.07, 6.45) is 2.37. The lowest BCUT2D eigenvalue weighted by molar-refractivity contribution is -0.150. The van der Waals surface area contributed by atoms with E-state index in [1.165, 1.54) is 24.0 Å². The van der Waals surface area contributed by atoms with Crippen molar-refractivity contribution in [3.63, 3.8) is 0 Å². The predicted molar refractivity (Wildman–Crippen MR) is 147 cm³/mol. The van der Waals surface area contributed by atoms with E-state index in [0.717, 1.165) is 6.07 Å². The minimum absolute atomic E-state index is 0.0558. The molecule has 3 N–H and O–H groups in total. The molecule has 1 aliphatic carbocycles. The van der Waals surface area contributed by atoms with Crippen molar-refractivity contribution in [3.8, 4) is 5.75 Å². The number of ether oxygens (including phenoxy) is 1. The van der Waals surface area contributed by atoms with E-state index in [4.69, 9.17) is 15.6 Å². The number of halogens is 2. The van der Waals surface area contributed by atoms with Crippen LogP contribution in [-0.4, -0.2) is 63.0 Å². The molecule has 40 heavy (non-hydrogen) atoms. The molecule has 0 radical (unpaired) electrons. The number of hydrogen-bond acceptors (Lipinski definition) is 9. The van der Waals surface area contributed by atoms with Crippen LogP contribution in [0.4, 0.5) is 8.78 Å². The van der Waals surface area contributed by atoms with Crippen LogP contribution in [0.25, 0.3) is 0 Å². The third-order valence-corrected chi connectivity index (χ3v) is 8.70. The van der Waals surface area contributed by atoms with Gasteiger partial charge in [0, 0.05) is 32.3 Å². The van der Waals surface area contributed by atoms with E-state index in [0.29, 0.717) is 37.1 Å². The number of rotatable bonds is 5. The van der Waals surface area contributed by atoms with Gasteiger partial charge in [0.25, 0.3) is 5.91 Å². The highest BCUT2D eigenvalue weighted by atomic mass is 32.2. The minimum Gasteiger partial charge on any atom is -0.502 e. The zero-order chi connectivity index (χ0) is 29.5. The van der Waals surface area contributed by atoms with Crippen LogP contribution in [0.15, 0.2) is 29.2 Å². The summed E-state index contributed by atoms with van der Waals surface area (Å²) in [6, 6.07) is 2.98. The van der Waals surface area contributed by atoms with E-state index in [1.54, 1.807) is 23.9 Å². The smallest absolute Gasteiger partial charge is 0.308 e. The van der Waals surface area contributed by atoms with Gasteiger partial charge in [-0.2, -0.15) is 0 Å². The number of methoxy groups -OCH3 is 1. The van der Waals surface area contributed by atoms with Gasteiger partial charge in [-0.05, 0) is 43.7 Å². The summed E-state index contributed by atoms with van der Waals surface area (Å²) in [7, 11) is 3.06. The Hall–Kier alpha value is -3.74. The Kier molecular flexibility index (Phi) is 8.06. The number of carbonyl (C=O) groups is 2. The first-order valence-electron chi connectivity index (χ1n) is 12.8. The SMILES string of the molecule is CCN1C(=O)c2c(O)c(=O)c(C(=N)SC(=N)Cc3ccc(F)cc3F)cn2N(C)C12CCC(C(=O)OC)[C@H](C)C2. The molecule has 2 unspecified atom stereocenters. The van der Waals surface area contributed by atoms with E-state index in [1.807, 2.05) is 6.92 Å². The number of aromatic nitrogens is 1. The summed E-state index contributed by atoms with van der Waals surface area (Å²) in [5.41, 5.74) is -2.25. The molecule has 1 saturated carbocycles. The van der Waals surface area contributed by atoms with Gasteiger partial charge < -0.3 is 14.7 Å². The highest BCUT2D eigenvalue weighted by molar-refractivity contribution is 8.26. The van der Waals surface area contributed by atoms with Crippen molar-refractivity contribution in [3.05, 3.63) is 63.1 Å². The van der Waals surface area contributed by atoms with E-state index >= 15 is 0 Å². The molecule has 3 atom stereocenters. The number of nitrogens with zero attached hydrogens (tertiary/aromatic N) is 3. The number of benzene rings is 1. The van der Waals surface area contributed by atoms with Gasteiger partial charge in [0.1, 0.15) is 22.3 Å². The van der Waals surface area contributed by atoms with Crippen molar-refractivity contribution in [1.29, 1.82) is 10.8 Å². The van der Waals surface area contributed by atoms with Crippen molar-refractivity contribution in [2.75, 3.05) is 25.7 Å². The van der Waals surface area contributed by atoms with Gasteiger partial charge in [-0.1, -0.05) is 24.8 Å². The van der Waals surface area contributed by atoms with Gasteiger partial charge in [-0.15, -0.1) is 0 Å². The summed E-state index contributed by atoms with van der Waals surface area (Å²) in [6.45, 7) is 4.00. The van der Waals surface area contributed by atoms with Crippen molar-refractivity contribution >= 4 is 33.7 Å². The highest BCUT2D eigenvalue weighted by Crippen LogP contribution is 2.44. The maximum absolute atomic E-state index is 14.1. The second kappa shape index (κ2) is 11.0. The fourth-order valence-corrected chi connectivity index (χ4v) is 6.57. The summed E-state index contributed by atoms with van der Waals surface area (Å²) >= 11 is 0.591. The van der Waals surface area contributed by atoms with Gasteiger partial charge in [0.05, 0.1) is 23.6 Å². The summed E-state index contributed by atoms with van der Waals surface area (Å²) < 4.78 is 33.6. The van der Waals surface area contributed by atoms with Crippen LogP contribution in [0, 0.1) is 34.3 Å². The first-order chi connectivity index (χ1) is 18.9. The zero-order valence-electron chi connectivity index (χ0n) is 22.6. The Morgan fingerprint density at radius 2 is 1.98 bits per heavy atom. The average Bonchev–Trinajstić information content (AvgIpc) is 2.90. The lowest BCUT2D eigenvalue weighted by Crippen LogP contribution is -2.71. The second-order valence-electron chi connectivity index (χ2n) is 10.1. The number of fused-ring (bicyclic) bond motifs is 1. The van der Waals surface area contributed by atoms with Gasteiger partial charge in [0.15, 0.2) is 11.4 Å². The molecular formula is C27H31F2N5O5S. The first-order valence-corrected chi connectivity index (χ1v) is 13.6. The Morgan fingerprint density at radius 3 is 2.58 bits per heavy atom. The molecule has 1 aromatic carbocycles. The third kappa shape index (κ3) is 4.87. The van der Waals surface area contributed by atoms with E-state index in [9.17, 15) is 28.3 Å². The largest absolute Gasteiger partial charge is 0.502 e. The normalized spacial score (nSPS) is 22.3. The second-order valence-corrected chi connectivity index (χ2v) is 11.2. The zero-order valence-corrected chi connectivity index (χ0v) is 23.4. The van der Waals surface area contributed by atoms with E-state index < -0.39 is 34.4 Å². The van der Waals surface area contributed by atoms with Crippen LogP contribution in [0.2, 0.25) is 0 Å². The maximum atomic E-state index is 14.1. The number of nitrogens with one attached hydrogen (secondary N) is 2. The number of thioether (sulfide) groups is 1. The molecule has 2 heterocycles. The molecule has 1 aromatic heterocycles. The van der Waals surface area contributed by atoms with Crippen LogP contribution in [0.1, 0.15) is 54.7 Å². The average molecular weight is 576 g/mol. The number of pyridine rings is 1. The molecule has 214 valence electrons. The summed E-state index contributed by atoms with van der Waals surface area (Å²) in [5.74, 6) is -3.74. The van der Waals surface area contributed by atoms with Crippen LogP contribution in [0.3, 0.4) is 0 Å². The number of carbonyl (C=O) groups excluding carboxylic acids is 2. The van der Waals surface area contributed by atoms with E-state index in [-0.39, 0.29) is 57.7 Å². The molecule has 1 amide bonds. The standard InChI is InChI=1S/C27H31F2N5O5S/c1-5-33-25(37)21-23(36)22(35)18(24(31)40-20(30)10-15-6-7-16(28)11-19(15)29)13-34(21)32(3)27(33)9-8-17(14(2)12-27)26(38)39-4/h6-7,11,13-14,17,30-31,36H,5,8-10,12H2,1-4H3/t14-,17?,27?/m1/s1. The van der Waals surface area contributed by atoms with Gasteiger partial charge >= 0.3 is 5.97 Å². The fourth-order valence-electron chi connectivity index (χ4n) is 5.84. The molecule has 2 aromatic rings. The Morgan fingerprint density at radius 1 is 1.27 bits per heavy atom. The Bertz CT molecular complexity index is 1460. The molecule has 4 rings (SSSR count). The predicted octanol–water partition coefficient (Wildman–Crippen LogP) is 3.46. The molecule has 13 heteroatoms. The molecule has 0 bridgehead atoms. The molecular weight excluding hydrogens is 544 g/mol. The van der Waals surface area contributed by atoms with Crippen LogP contribution < -0.4 is 10.4 Å². The molecule has 0 saturated heterocycles. The summed E-state index contributed by atoms with van der Waals surface area (Å²) in [5, 5.41) is 28.8. The number of esters is 1. The maximum Gasteiger partial charge on any atom is 0.308 e. The Labute approximate surface area is 233 Å². The van der Waals surface area contributed by atoms with Gasteiger partial charge in [-0.3, -0.25) is 34.9 Å².